The number of carbonyl (C=O) groups excluding carboxylic acids is 1. The molecular weight excluding hydrogens is 475 g/mol. The molecular formula is C22H26F3N3O5S. The van der Waals surface area contributed by atoms with Crippen LogP contribution in [0.5, 0.6) is 5.88 Å². The first-order chi connectivity index (χ1) is 15.8. The second-order valence-electron chi connectivity index (χ2n) is 8.62. The van der Waals surface area contributed by atoms with Gasteiger partial charge in [0.2, 0.25) is 5.88 Å². The molecule has 1 aliphatic rings. The van der Waals surface area contributed by atoms with Crippen LogP contribution in [0, 0.1) is 0 Å². The summed E-state index contributed by atoms with van der Waals surface area (Å²) in [5, 5.41) is 0. The van der Waals surface area contributed by atoms with Crippen molar-refractivity contribution in [2.24, 2.45) is 0 Å². The highest BCUT2D eigenvalue weighted by atomic mass is 32.2. The number of pyridine rings is 1. The van der Waals surface area contributed by atoms with Crippen LogP contribution >= 0.6 is 0 Å². The average molecular weight is 502 g/mol. The van der Waals surface area contributed by atoms with Crippen molar-refractivity contribution in [1.82, 2.24) is 9.88 Å². The molecule has 0 spiro atoms. The first-order valence-electron chi connectivity index (χ1n) is 10.4. The molecule has 186 valence electrons. The molecule has 0 radical (unpaired) electrons. The van der Waals surface area contributed by atoms with Crippen molar-refractivity contribution in [3.63, 3.8) is 0 Å². The Balaban J connectivity index is 1.99. The fourth-order valence-corrected chi connectivity index (χ4v) is 4.91. The molecule has 3 rings (SSSR count). The second kappa shape index (κ2) is 9.41. The van der Waals surface area contributed by atoms with E-state index < -0.39 is 27.3 Å². The molecule has 12 heteroatoms. The fourth-order valence-electron chi connectivity index (χ4n) is 3.47. The molecule has 0 aliphatic carbocycles. The number of ether oxygens (including phenoxy) is 2. The van der Waals surface area contributed by atoms with E-state index in [1.54, 1.807) is 4.90 Å². The zero-order chi connectivity index (χ0) is 25.3. The Kier molecular flexibility index (Phi) is 7.13. The van der Waals surface area contributed by atoms with E-state index in [1.807, 2.05) is 20.8 Å². The molecule has 1 aromatic heterocycles. The van der Waals surface area contributed by atoms with Gasteiger partial charge < -0.3 is 14.4 Å². The number of alkyl halides is 3. The summed E-state index contributed by atoms with van der Waals surface area (Å²) in [6.45, 7) is 6.08. The van der Waals surface area contributed by atoms with Crippen LogP contribution in [0.2, 0.25) is 0 Å². The van der Waals surface area contributed by atoms with Gasteiger partial charge in [0.25, 0.3) is 15.9 Å². The van der Waals surface area contributed by atoms with Crippen molar-refractivity contribution in [2.75, 3.05) is 37.7 Å². The maximum absolute atomic E-state index is 13.3. The molecule has 8 nitrogen and oxygen atoms in total. The lowest BCUT2D eigenvalue weighted by atomic mass is 10.0. The Hall–Kier alpha value is -2.86. The standard InChI is InChI=1S/C22H26F3N3O5S/c1-21(2,3)27(9-11-32-4)20(29)15-13-18-19(26-14-15)33-12-10-28(18)34(30,31)17-7-5-16(6-8-17)22(23,24)25/h5-8,13-14H,9-12H2,1-4H3. The summed E-state index contributed by atoms with van der Waals surface area (Å²) in [5.41, 5.74) is -1.32. The van der Waals surface area contributed by atoms with Crippen LogP contribution in [0.1, 0.15) is 36.7 Å². The number of sulfonamides is 1. The number of nitrogens with zero attached hydrogens (tertiary/aromatic N) is 3. The van der Waals surface area contributed by atoms with Crippen molar-refractivity contribution in [3.05, 3.63) is 47.7 Å². The van der Waals surface area contributed by atoms with Crippen LogP contribution in [0.4, 0.5) is 18.9 Å². The van der Waals surface area contributed by atoms with Crippen molar-refractivity contribution >= 4 is 21.6 Å². The van der Waals surface area contributed by atoms with E-state index in [-0.39, 0.29) is 41.1 Å². The van der Waals surface area contributed by atoms with Crippen LogP contribution in [-0.4, -0.2) is 63.2 Å². The molecule has 1 amide bonds. The predicted octanol–water partition coefficient (Wildman–Crippen LogP) is 3.58. The lowest BCUT2D eigenvalue weighted by Gasteiger charge is -2.36. The van der Waals surface area contributed by atoms with E-state index in [0.29, 0.717) is 25.3 Å². The molecule has 0 unspecified atom stereocenters. The van der Waals surface area contributed by atoms with E-state index >= 15 is 0 Å². The molecule has 34 heavy (non-hydrogen) atoms. The highest BCUT2D eigenvalue weighted by Crippen LogP contribution is 2.36. The van der Waals surface area contributed by atoms with Crippen molar-refractivity contribution in [2.45, 2.75) is 37.4 Å². The minimum absolute atomic E-state index is 0.00485. The van der Waals surface area contributed by atoms with Crippen LogP contribution in [0.25, 0.3) is 0 Å². The smallest absolute Gasteiger partial charge is 0.416 e. The van der Waals surface area contributed by atoms with Crippen LogP contribution in [-0.2, 0) is 20.9 Å². The molecule has 1 aromatic carbocycles. The Morgan fingerprint density at radius 1 is 1.21 bits per heavy atom. The summed E-state index contributed by atoms with van der Waals surface area (Å²) in [5.74, 6) is -0.366. The molecule has 0 N–H and O–H groups in total. The van der Waals surface area contributed by atoms with Gasteiger partial charge in [0, 0.05) is 25.4 Å². The van der Waals surface area contributed by atoms with Crippen LogP contribution in [0.3, 0.4) is 0 Å². The minimum Gasteiger partial charge on any atom is -0.474 e. The number of methoxy groups -OCH3 is 1. The molecule has 0 saturated carbocycles. The molecule has 2 aromatic rings. The summed E-state index contributed by atoms with van der Waals surface area (Å²) in [6.07, 6.45) is -3.28. The highest BCUT2D eigenvalue weighted by Gasteiger charge is 2.35. The molecule has 1 aliphatic heterocycles. The number of rotatable bonds is 6. The molecule has 0 fully saturated rings. The third-order valence-electron chi connectivity index (χ3n) is 5.22. The number of amides is 1. The minimum atomic E-state index is -4.59. The van der Waals surface area contributed by atoms with Gasteiger partial charge in [0.05, 0.1) is 29.2 Å². The highest BCUT2D eigenvalue weighted by molar-refractivity contribution is 7.92. The number of carbonyl (C=O) groups is 1. The van der Waals surface area contributed by atoms with Crippen LogP contribution in [0.15, 0.2) is 41.4 Å². The van der Waals surface area contributed by atoms with Gasteiger partial charge in [-0.25, -0.2) is 13.4 Å². The zero-order valence-corrected chi connectivity index (χ0v) is 20.0. The summed E-state index contributed by atoms with van der Waals surface area (Å²) in [6, 6.07) is 4.60. The van der Waals surface area contributed by atoms with Gasteiger partial charge in [0.1, 0.15) is 12.3 Å². The lowest BCUT2D eigenvalue weighted by molar-refractivity contribution is -0.137. The zero-order valence-electron chi connectivity index (χ0n) is 19.2. The van der Waals surface area contributed by atoms with Gasteiger partial charge in [-0.1, -0.05) is 0 Å². The van der Waals surface area contributed by atoms with Crippen LogP contribution < -0.4 is 9.04 Å². The van der Waals surface area contributed by atoms with Gasteiger partial charge in [-0.2, -0.15) is 13.2 Å². The summed E-state index contributed by atoms with van der Waals surface area (Å²) in [4.78, 5) is 18.7. The average Bonchev–Trinajstić information content (AvgIpc) is 2.77. The van der Waals surface area contributed by atoms with E-state index in [0.717, 1.165) is 16.4 Å². The first kappa shape index (κ1) is 25.8. The number of aromatic nitrogens is 1. The largest absolute Gasteiger partial charge is 0.474 e. The second-order valence-corrected chi connectivity index (χ2v) is 10.5. The normalized spacial score (nSPS) is 14.4. The third-order valence-corrected chi connectivity index (χ3v) is 7.05. The molecule has 2 heterocycles. The van der Waals surface area contributed by atoms with Gasteiger partial charge in [-0.05, 0) is 51.1 Å². The Morgan fingerprint density at radius 3 is 2.41 bits per heavy atom. The SMILES string of the molecule is COCCN(C(=O)c1cnc2c(c1)N(S(=O)(=O)c1ccc(C(F)(F)F)cc1)CCO2)C(C)(C)C. The quantitative estimate of drug-likeness (QED) is 0.601. The Morgan fingerprint density at radius 2 is 1.85 bits per heavy atom. The summed E-state index contributed by atoms with van der Waals surface area (Å²) < 4.78 is 76.8. The molecule has 0 atom stereocenters. The topological polar surface area (TPSA) is 89.0 Å². The van der Waals surface area contributed by atoms with E-state index in [4.69, 9.17) is 9.47 Å². The van der Waals surface area contributed by atoms with E-state index in [1.165, 1.54) is 19.4 Å². The fraction of sp³-hybridized carbons (Fsp3) is 0.455. The first-order valence-corrected chi connectivity index (χ1v) is 11.8. The Labute approximate surface area is 196 Å². The number of hydrogen-bond donors (Lipinski definition) is 0. The van der Waals surface area contributed by atoms with Gasteiger partial charge in [-0.3, -0.25) is 9.10 Å². The lowest BCUT2D eigenvalue weighted by Crippen LogP contribution is -2.47. The van der Waals surface area contributed by atoms with Gasteiger partial charge in [-0.15, -0.1) is 0 Å². The van der Waals surface area contributed by atoms with E-state index in [2.05, 4.69) is 4.98 Å². The molecule has 0 bridgehead atoms. The maximum atomic E-state index is 13.3. The third kappa shape index (κ3) is 5.27. The molecule has 0 saturated heterocycles. The van der Waals surface area contributed by atoms with E-state index in [9.17, 15) is 26.4 Å². The van der Waals surface area contributed by atoms with Crippen molar-refractivity contribution in [3.8, 4) is 5.88 Å². The van der Waals surface area contributed by atoms with Crippen molar-refractivity contribution < 1.29 is 35.9 Å². The predicted molar refractivity (Wildman–Crippen MR) is 118 cm³/mol. The number of anilines is 1. The van der Waals surface area contributed by atoms with Gasteiger partial charge in [0.15, 0.2) is 0 Å². The van der Waals surface area contributed by atoms with Crippen molar-refractivity contribution in [1.29, 1.82) is 0 Å². The Bertz CT molecular complexity index is 1150. The number of halogens is 3. The number of benzene rings is 1. The number of hydrogen-bond acceptors (Lipinski definition) is 6. The summed E-state index contributed by atoms with van der Waals surface area (Å²) in [7, 11) is -2.72. The summed E-state index contributed by atoms with van der Waals surface area (Å²) >= 11 is 0. The van der Waals surface area contributed by atoms with Gasteiger partial charge >= 0.3 is 6.18 Å². The monoisotopic (exact) mass is 501 g/mol. The number of fused-ring (bicyclic) bond motifs is 1. The maximum Gasteiger partial charge on any atom is 0.416 e.